The van der Waals surface area contributed by atoms with Crippen molar-refractivity contribution in [3.8, 4) is 5.75 Å². The molecule has 2 aromatic carbocycles. The van der Waals surface area contributed by atoms with Crippen molar-refractivity contribution < 1.29 is 13.9 Å². The minimum atomic E-state index is -0.209. The van der Waals surface area contributed by atoms with Crippen LogP contribution in [-0.4, -0.2) is 48.5 Å². The summed E-state index contributed by atoms with van der Waals surface area (Å²) in [4.78, 5) is 16.4. The Balaban J connectivity index is 1.45. The van der Waals surface area contributed by atoms with E-state index in [-0.39, 0.29) is 18.3 Å². The van der Waals surface area contributed by atoms with Gasteiger partial charge in [-0.05, 0) is 36.2 Å². The number of piperazine rings is 1. The molecule has 0 N–H and O–H groups in total. The van der Waals surface area contributed by atoms with E-state index in [0.717, 1.165) is 30.0 Å². The molecule has 0 aromatic heterocycles. The molecule has 3 rings (SSSR count). The Bertz CT molecular complexity index is 727. The number of aryl methyl sites for hydroxylation is 1. The van der Waals surface area contributed by atoms with Gasteiger partial charge in [0, 0.05) is 32.7 Å². The highest BCUT2D eigenvalue weighted by Crippen LogP contribution is 2.16. The summed E-state index contributed by atoms with van der Waals surface area (Å²) >= 11 is 0. The van der Waals surface area contributed by atoms with E-state index in [0.29, 0.717) is 19.6 Å². The molecule has 4 nitrogen and oxygen atoms in total. The highest BCUT2D eigenvalue weighted by molar-refractivity contribution is 5.78. The van der Waals surface area contributed by atoms with Crippen molar-refractivity contribution >= 4 is 5.91 Å². The first-order valence-corrected chi connectivity index (χ1v) is 8.55. The summed E-state index contributed by atoms with van der Waals surface area (Å²) in [6.45, 7) is 5.65. The molecule has 1 amide bonds. The number of carbonyl (C=O) groups excluding carboxylic acids is 1. The van der Waals surface area contributed by atoms with E-state index in [2.05, 4.69) is 4.90 Å². The third kappa shape index (κ3) is 4.79. The maximum atomic E-state index is 13.3. The number of halogens is 1. The lowest BCUT2D eigenvalue weighted by Crippen LogP contribution is -2.49. The first kappa shape index (κ1) is 17.4. The van der Waals surface area contributed by atoms with Gasteiger partial charge in [-0.2, -0.15) is 0 Å². The Morgan fingerprint density at radius 3 is 2.56 bits per heavy atom. The van der Waals surface area contributed by atoms with Crippen LogP contribution in [0.5, 0.6) is 5.75 Å². The summed E-state index contributed by atoms with van der Waals surface area (Å²) in [5.74, 6) is 0.550. The zero-order valence-electron chi connectivity index (χ0n) is 14.5. The molecule has 0 saturated carbocycles. The third-order valence-electron chi connectivity index (χ3n) is 4.46. The van der Waals surface area contributed by atoms with Crippen LogP contribution in [0.3, 0.4) is 0 Å². The molecule has 0 bridgehead atoms. The number of hydrogen-bond donors (Lipinski definition) is 0. The summed E-state index contributed by atoms with van der Waals surface area (Å²) in [7, 11) is 0. The van der Waals surface area contributed by atoms with Gasteiger partial charge in [-0.1, -0.05) is 30.3 Å². The van der Waals surface area contributed by atoms with Gasteiger partial charge in [-0.15, -0.1) is 0 Å². The SMILES string of the molecule is Cc1ccccc1OCC(=O)N1CCN(Cc2cccc(F)c2)CC1. The number of rotatable bonds is 5. The fourth-order valence-corrected chi connectivity index (χ4v) is 3.00. The lowest BCUT2D eigenvalue weighted by atomic mass is 10.2. The Labute approximate surface area is 147 Å². The van der Waals surface area contributed by atoms with Crippen LogP contribution in [0.25, 0.3) is 0 Å². The minimum Gasteiger partial charge on any atom is -0.484 e. The van der Waals surface area contributed by atoms with Gasteiger partial charge in [0.25, 0.3) is 5.91 Å². The summed E-state index contributed by atoms with van der Waals surface area (Å²) in [6.07, 6.45) is 0. The molecule has 0 spiro atoms. The van der Waals surface area contributed by atoms with Gasteiger partial charge in [0.2, 0.25) is 0 Å². The number of hydrogen-bond acceptors (Lipinski definition) is 3. The lowest BCUT2D eigenvalue weighted by Gasteiger charge is -2.34. The van der Waals surface area contributed by atoms with Gasteiger partial charge in [0.15, 0.2) is 6.61 Å². The molecule has 1 aliphatic heterocycles. The lowest BCUT2D eigenvalue weighted by molar-refractivity contribution is -0.135. The smallest absolute Gasteiger partial charge is 0.260 e. The van der Waals surface area contributed by atoms with Crippen molar-refractivity contribution in [2.75, 3.05) is 32.8 Å². The summed E-state index contributed by atoms with van der Waals surface area (Å²) < 4.78 is 18.9. The van der Waals surface area contributed by atoms with Gasteiger partial charge in [0.1, 0.15) is 11.6 Å². The number of amides is 1. The quantitative estimate of drug-likeness (QED) is 0.838. The molecule has 1 fully saturated rings. The number of nitrogens with zero attached hydrogens (tertiary/aromatic N) is 2. The number of benzene rings is 2. The van der Waals surface area contributed by atoms with Gasteiger partial charge in [-0.3, -0.25) is 9.69 Å². The molecule has 0 radical (unpaired) electrons. The third-order valence-corrected chi connectivity index (χ3v) is 4.46. The minimum absolute atomic E-state index is 0.00802. The maximum Gasteiger partial charge on any atom is 0.260 e. The van der Waals surface area contributed by atoms with Crippen LogP contribution >= 0.6 is 0 Å². The molecule has 0 unspecified atom stereocenters. The van der Waals surface area contributed by atoms with E-state index in [1.165, 1.54) is 6.07 Å². The Morgan fingerprint density at radius 2 is 1.84 bits per heavy atom. The van der Waals surface area contributed by atoms with Crippen molar-refractivity contribution in [3.05, 3.63) is 65.5 Å². The zero-order chi connectivity index (χ0) is 17.6. The molecule has 1 heterocycles. The molecular formula is C20H23FN2O2. The highest BCUT2D eigenvalue weighted by Gasteiger charge is 2.21. The van der Waals surface area contributed by atoms with E-state index < -0.39 is 0 Å². The molecule has 1 aliphatic rings. The van der Waals surface area contributed by atoms with Gasteiger partial charge in [0.05, 0.1) is 0 Å². The average molecular weight is 342 g/mol. The normalized spacial score (nSPS) is 15.2. The Hall–Kier alpha value is -2.40. The van der Waals surface area contributed by atoms with Crippen molar-refractivity contribution in [2.45, 2.75) is 13.5 Å². The number of ether oxygens (including phenoxy) is 1. The van der Waals surface area contributed by atoms with E-state index in [9.17, 15) is 9.18 Å². The molecule has 132 valence electrons. The maximum absolute atomic E-state index is 13.3. The second-order valence-corrected chi connectivity index (χ2v) is 6.34. The van der Waals surface area contributed by atoms with Crippen LogP contribution in [0.1, 0.15) is 11.1 Å². The van der Waals surface area contributed by atoms with E-state index in [1.807, 2.05) is 42.2 Å². The molecule has 2 aromatic rings. The highest BCUT2D eigenvalue weighted by atomic mass is 19.1. The zero-order valence-corrected chi connectivity index (χ0v) is 14.5. The number of carbonyl (C=O) groups is 1. The van der Waals surface area contributed by atoms with Crippen molar-refractivity contribution in [3.63, 3.8) is 0 Å². The molecule has 0 atom stereocenters. The van der Waals surface area contributed by atoms with Gasteiger partial charge >= 0.3 is 0 Å². The fraction of sp³-hybridized carbons (Fsp3) is 0.350. The topological polar surface area (TPSA) is 32.8 Å². The summed E-state index contributed by atoms with van der Waals surface area (Å²) in [6, 6.07) is 14.4. The van der Waals surface area contributed by atoms with Crippen molar-refractivity contribution in [1.82, 2.24) is 9.80 Å². The second-order valence-electron chi connectivity index (χ2n) is 6.34. The van der Waals surface area contributed by atoms with Gasteiger partial charge < -0.3 is 9.64 Å². The first-order valence-electron chi connectivity index (χ1n) is 8.55. The van der Waals surface area contributed by atoms with E-state index in [1.54, 1.807) is 12.1 Å². The predicted octanol–water partition coefficient (Wildman–Crippen LogP) is 2.86. The first-order chi connectivity index (χ1) is 12.1. The van der Waals surface area contributed by atoms with Crippen LogP contribution in [0.2, 0.25) is 0 Å². The molecular weight excluding hydrogens is 319 g/mol. The monoisotopic (exact) mass is 342 g/mol. The average Bonchev–Trinajstić information content (AvgIpc) is 2.61. The fourth-order valence-electron chi connectivity index (χ4n) is 3.00. The van der Waals surface area contributed by atoms with Crippen LogP contribution in [0.15, 0.2) is 48.5 Å². The van der Waals surface area contributed by atoms with Gasteiger partial charge in [-0.25, -0.2) is 4.39 Å². The van der Waals surface area contributed by atoms with E-state index in [4.69, 9.17) is 4.74 Å². The second kappa shape index (κ2) is 8.12. The van der Waals surface area contributed by atoms with Crippen LogP contribution in [-0.2, 0) is 11.3 Å². The molecule has 1 saturated heterocycles. The van der Waals surface area contributed by atoms with Crippen LogP contribution < -0.4 is 4.74 Å². The van der Waals surface area contributed by atoms with E-state index >= 15 is 0 Å². The predicted molar refractivity (Wildman–Crippen MR) is 94.9 cm³/mol. The largest absolute Gasteiger partial charge is 0.484 e. The Kier molecular flexibility index (Phi) is 5.66. The summed E-state index contributed by atoms with van der Waals surface area (Å²) in [5, 5.41) is 0. The van der Waals surface area contributed by atoms with Crippen molar-refractivity contribution in [1.29, 1.82) is 0 Å². The molecule has 25 heavy (non-hydrogen) atoms. The molecule has 0 aliphatic carbocycles. The number of para-hydroxylation sites is 1. The Morgan fingerprint density at radius 1 is 1.08 bits per heavy atom. The van der Waals surface area contributed by atoms with Crippen LogP contribution in [0.4, 0.5) is 4.39 Å². The van der Waals surface area contributed by atoms with Crippen molar-refractivity contribution in [2.24, 2.45) is 0 Å². The molecule has 5 heteroatoms. The standard InChI is InChI=1S/C20H23FN2O2/c1-16-5-2-3-8-19(16)25-15-20(24)23-11-9-22(10-12-23)14-17-6-4-7-18(21)13-17/h2-8,13H,9-12,14-15H2,1H3. The summed E-state index contributed by atoms with van der Waals surface area (Å²) in [5.41, 5.74) is 1.98. The van der Waals surface area contributed by atoms with Crippen LogP contribution in [0, 0.1) is 12.7 Å².